The molecular formula is C24H31N3O3S. The third-order valence-electron chi connectivity index (χ3n) is 4.65. The van der Waals surface area contributed by atoms with E-state index < -0.39 is 0 Å². The molecule has 6 nitrogen and oxygen atoms in total. The van der Waals surface area contributed by atoms with Gasteiger partial charge in [-0.25, -0.2) is 0 Å². The summed E-state index contributed by atoms with van der Waals surface area (Å²) >= 11 is 5.27. The zero-order valence-corrected chi connectivity index (χ0v) is 19.2. The van der Waals surface area contributed by atoms with Crippen LogP contribution in [-0.2, 0) is 4.79 Å². The largest absolute Gasteiger partial charge is 0.491 e. The second-order valence-electron chi connectivity index (χ2n) is 7.36. The molecule has 0 heterocycles. The summed E-state index contributed by atoms with van der Waals surface area (Å²) in [5.74, 6) is 0.303. The lowest BCUT2D eigenvalue weighted by Gasteiger charge is -2.14. The lowest BCUT2D eigenvalue weighted by atomic mass is 10.2. The van der Waals surface area contributed by atoms with Gasteiger partial charge in [-0.05, 0) is 68.4 Å². The van der Waals surface area contributed by atoms with Crippen LogP contribution in [-0.4, -0.2) is 23.0 Å². The molecule has 3 N–H and O–H groups in total. The molecule has 31 heavy (non-hydrogen) atoms. The van der Waals surface area contributed by atoms with E-state index in [0.29, 0.717) is 29.1 Å². The predicted octanol–water partition coefficient (Wildman–Crippen LogP) is 5.51. The highest BCUT2D eigenvalue weighted by molar-refractivity contribution is 7.80. The zero-order chi connectivity index (χ0) is 22.6. The SMILES string of the molecule is CCCCCC(=O)Nc1cccc(NC(=S)NC(=O)c2cccc(OC(C)CC)c2)c1. The van der Waals surface area contributed by atoms with E-state index in [0.717, 1.165) is 25.7 Å². The smallest absolute Gasteiger partial charge is 0.257 e. The molecule has 1 unspecified atom stereocenters. The van der Waals surface area contributed by atoms with Crippen LogP contribution in [0.5, 0.6) is 5.75 Å². The van der Waals surface area contributed by atoms with Gasteiger partial charge in [0.2, 0.25) is 5.91 Å². The number of rotatable bonds is 10. The highest BCUT2D eigenvalue weighted by atomic mass is 32.1. The highest BCUT2D eigenvalue weighted by Gasteiger charge is 2.11. The number of ether oxygens (including phenoxy) is 1. The van der Waals surface area contributed by atoms with Crippen LogP contribution in [0, 0.1) is 0 Å². The summed E-state index contributed by atoms with van der Waals surface area (Å²) in [4.78, 5) is 24.6. The minimum Gasteiger partial charge on any atom is -0.491 e. The van der Waals surface area contributed by atoms with Crippen molar-refractivity contribution in [3.63, 3.8) is 0 Å². The molecule has 1 atom stereocenters. The fourth-order valence-electron chi connectivity index (χ4n) is 2.80. The number of nitrogens with one attached hydrogen (secondary N) is 3. The maximum absolute atomic E-state index is 12.5. The van der Waals surface area contributed by atoms with E-state index in [2.05, 4.69) is 22.9 Å². The molecule has 0 aromatic heterocycles. The second kappa shape index (κ2) is 12.7. The first-order valence-corrected chi connectivity index (χ1v) is 11.1. The summed E-state index contributed by atoms with van der Waals surface area (Å²) in [6.45, 7) is 6.12. The number of anilines is 2. The molecule has 0 bridgehead atoms. The van der Waals surface area contributed by atoms with E-state index in [1.807, 2.05) is 38.1 Å². The number of carbonyl (C=O) groups is 2. The first kappa shape index (κ1) is 24.3. The monoisotopic (exact) mass is 441 g/mol. The molecular weight excluding hydrogens is 410 g/mol. The number of thiocarbonyl (C=S) groups is 1. The number of hydrogen-bond acceptors (Lipinski definition) is 4. The Morgan fingerprint density at radius 3 is 2.42 bits per heavy atom. The Kier molecular flexibility index (Phi) is 9.97. The molecule has 2 amide bonds. The van der Waals surface area contributed by atoms with Crippen LogP contribution in [0.25, 0.3) is 0 Å². The van der Waals surface area contributed by atoms with E-state index in [9.17, 15) is 9.59 Å². The minimum absolute atomic E-state index is 0.0130. The fraction of sp³-hybridized carbons (Fsp3) is 0.375. The third kappa shape index (κ3) is 8.76. The summed E-state index contributed by atoms with van der Waals surface area (Å²) in [6, 6.07) is 14.2. The van der Waals surface area contributed by atoms with E-state index in [-0.39, 0.29) is 23.0 Å². The Morgan fingerprint density at radius 1 is 1.00 bits per heavy atom. The molecule has 0 spiro atoms. The number of unbranched alkanes of at least 4 members (excludes halogenated alkanes) is 2. The van der Waals surface area contributed by atoms with Crippen LogP contribution >= 0.6 is 12.2 Å². The first-order chi connectivity index (χ1) is 14.9. The maximum Gasteiger partial charge on any atom is 0.257 e. The van der Waals surface area contributed by atoms with Crippen LogP contribution in [0.3, 0.4) is 0 Å². The molecule has 0 saturated heterocycles. The quantitative estimate of drug-likeness (QED) is 0.335. The fourth-order valence-corrected chi connectivity index (χ4v) is 3.01. The average molecular weight is 442 g/mol. The van der Waals surface area contributed by atoms with Gasteiger partial charge in [0.1, 0.15) is 5.75 Å². The molecule has 0 radical (unpaired) electrons. The number of benzene rings is 2. The summed E-state index contributed by atoms with van der Waals surface area (Å²) in [7, 11) is 0. The van der Waals surface area contributed by atoms with Crippen molar-refractivity contribution in [1.82, 2.24) is 5.32 Å². The number of hydrogen-bond donors (Lipinski definition) is 3. The molecule has 7 heteroatoms. The van der Waals surface area contributed by atoms with Gasteiger partial charge >= 0.3 is 0 Å². The van der Waals surface area contributed by atoms with E-state index in [4.69, 9.17) is 17.0 Å². The Bertz CT molecular complexity index is 901. The Balaban J connectivity index is 1.91. The first-order valence-electron chi connectivity index (χ1n) is 10.7. The third-order valence-corrected chi connectivity index (χ3v) is 4.85. The van der Waals surface area contributed by atoms with Gasteiger partial charge in [0.25, 0.3) is 5.91 Å². The van der Waals surface area contributed by atoms with Crippen molar-refractivity contribution in [3.05, 3.63) is 54.1 Å². The van der Waals surface area contributed by atoms with Crippen molar-refractivity contribution in [2.75, 3.05) is 10.6 Å². The zero-order valence-electron chi connectivity index (χ0n) is 18.4. The van der Waals surface area contributed by atoms with E-state index in [1.54, 1.807) is 24.3 Å². The van der Waals surface area contributed by atoms with Gasteiger partial charge in [0.15, 0.2) is 5.11 Å². The van der Waals surface area contributed by atoms with Crippen LogP contribution in [0.1, 0.15) is 63.2 Å². The van der Waals surface area contributed by atoms with Crippen LogP contribution < -0.4 is 20.7 Å². The summed E-state index contributed by atoms with van der Waals surface area (Å²) < 4.78 is 5.77. The van der Waals surface area contributed by atoms with Gasteiger partial charge < -0.3 is 15.4 Å². The summed E-state index contributed by atoms with van der Waals surface area (Å²) in [5, 5.41) is 8.71. The van der Waals surface area contributed by atoms with Gasteiger partial charge in [0.05, 0.1) is 6.10 Å². The molecule has 0 fully saturated rings. The lowest BCUT2D eigenvalue weighted by molar-refractivity contribution is -0.116. The van der Waals surface area contributed by atoms with Gasteiger partial charge in [-0.2, -0.15) is 0 Å². The molecule has 2 aromatic carbocycles. The van der Waals surface area contributed by atoms with Crippen molar-refractivity contribution in [2.45, 2.75) is 59.0 Å². The lowest BCUT2D eigenvalue weighted by Crippen LogP contribution is -2.34. The predicted molar refractivity (Wildman–Crippen MR) is 130 cm³/mol. The topological polar surface area (TPSA) is 79.5 Å². The van der Waals surface area contributed by atoms with Gasteiger partial charge in [-0.3, -0.25) is 14.9 Å². The Labute approximate surface area is 189 Å². The van der Waals surface area contributed by atoms with E-state index >= 15 is 0 Å². The van der Waals surface area contributed by atoms with Gasteiger partial charge in [-0.15, -0.1) is 0 Å². The van der Waals surface area contributed by atoms with Crippen LogP contribution in [0.4, 0.5) is 11.4 Å². The molecule has 0 aliphatic rings. The summed E-state index contributed by atoms with van der Waals surface area (Å²) in [6.07, 6.45) is 4.43. The Morgan fingerprint density at radius 2 is 1.71 bits per heavy atom. The van der Waals surface area contributed by atoms with Crippen LogP contribution in [0.2, 0.25) is 0 Å². The molecule has 166 valence electrons. The van der Waals surface area contributed by atoms with Crippen molar-refractivity contribution in [1.29, 1.82) is 0 Å². The van der Waals surface area contributed by atoms with Gasteiger partial charge in [-0.1, -0.05) is 38.8 Å². The van der Waals surface area contributed by atoms with Crippen LogP contribution in [0.15, 0.2) is 48.5 Å². The minimum atomic E-state index is -0.326. The number of carbonyl (C=O) groups excluding carboxylic acids is 2. The van der Waals surface area contributed by atoms with Crippen molar-refractivity contribution < 1.29 is 14.3 Å². The summed E-state index contributed by atoms with van der Waals surface area (Å²) in [5.41, 5.74) is 1.80. The normalized spacial score (nSPS) is 11.3. The molecule has 0 aliphatic carbocycles. The Hall–Kier alpha value is -2.93. The van der Waals surface area contributed by atoms with Gasteiger partial charge in [0, 0.05) is 23.4 Å². The second-order valence-corrected chi connectivity index (χ2v) is 7.77. The van der Waals surface area contributed by atoms with Crippen molar-refractivity contribution in [3.8, 4) is 5.75 Å². The van der Waals surface area contributed by atoms with E-state index in [1.165, 1.54) is 0 Å². The standard InChI is InChI=1S/C24H31N3O3S/c1-4-6-7-14-22(28)25-19-11-9-12-20(16-19)26-24(31)27-23(29)18-10-8-13-21(15-18)30-17(3)5-2/h8-13,15-17H,4-7,14H2,1-3H3,(H,25,28)(H2,26,27,29,31). The average Bonchev–Trinajstić information content (AvgIpc) is 2.74. The molecule has 0 saturated carbocycles. The number of amides is 2. The van der Waals surface area contributed by atoms with Crippen molar-refractivity contribution in [2.24, 2.45) is 0 Å². The molecule has 2 rings (SSSR count). The highest BCUT2D eigenvalue weighted by Crippen LogP contribution is 2.17. The molecule has 0 aliphatic heterocycles. The van der Waals surface area contributed by atoms with Crippen molar-refractivity contribution >= 4 is 40.5 Å². The maximum atomic E-state index is 12.5. The molecule has 2 aromatic rings.